The maximum Gasteiger partial charge on any atom is 0.0807 e. The predicted octanol–water partition coefficient (Wildman–Crippen LogP) is 1.54. The quantitative estimate of drug-likeness (QED) is 0.660. The lowest BCUT2D eigenvalue weighted by Crippen LogP contribution is -2.37. The number of aliphatic hydroxyl groups excluding tert-OH is 1. The van der Waals surface area contributed by atoms with E-state index in [1.54, 1.807) is 6.92 Å². The van der Waals surface area contributed by atoms with Gasteiger partial charge in [-0.2, -0.15) is 0 Å². The van der Waals surface area contributed by atoms with Crippen LogP contribution in [0.25, 0.3) is 0 Å². The molecule has 0 rings (SSSR count). The molecule has 3 nitrogen and oxygen atoms in total. The van der Waals surface area contributed by atoms with Crippen LogP contribution in [0.5, 0.6) is 0 Å². The van der Waals surface area contributed by atoms with Crippen LogP contribution >= 0.6 is 0 Å². The smallest absolute Gasteiger partial charge is 0.0807 e. The Labute approximate surface area is 87.6 Å². The van der Waals surface area contributed by atoms with Crippen LogP contribution < -0.4 is 5.73 Å². The second-order valence-electron chi connectivity index (χ2n) is 4.12. The van der Waals surface area contributed by atoms with Crippen LogP contribution in [0, 0.1) is 5.92 Å². The highest BCUT2D eigenvalue weighted by atomic mass is 16.5. The van der Waals surface area contributed by atoms with Crippen LogP contribution in [0.1, 0.15) is 40.5 Å². The first kappa shape index (κ1) is 13.9. The lowest BCUT2D eigenvalue weighted by atomic mass is 9.99. The molecule has 0 fully saturated rings. The predicted molar refractivity (Wildman–Crippen MR) is 59.1 cm³/mol. The van der Waals surface area contributed by atoms with Crippen molar-refractivity contribution in [3.05, 3.63) is 0 Å². The Morgan fingerprint density at radius 3 is 2.21 bits per heavy atom. The molecule has 0 saturated carbocycles. The van der Waals surface area contributed by atoms with Crippen molar-refractivity contribution in [2.45, 2.75) is 58.8 Å². The molecule has 0 amide bonds. The van der Waals surface area contributed by atoms with Gasteiger partial charge >= 0.3 is 0 Å². The molecular weight excluding hydrogens is 178 g/mol. The van der Waals surface area contributed by atoms with E-state index in [0.29, 0.717) is 12.5 Å². The highest BCUT2D eigenvalue weighted by Crippen LogP contribution is 2.15. The van der Waals surface area contributed by atoms with E-state index < -0.39 is 6.10 Å². The highest BCUT2D eigenvalue weighted by Gasteiger charge is 2.20. The number of nitrogens with two attached hydrogens (primary N) is 1. The molecule has 14 heavy (non-hydrogen) atoms. The second kappa shape index (κ2) is 7.21. The topological polar surface area (TPSA) is 55.5 Å². The number of aliphatic hydroxyl groups is 1. The summed E-state index contributed by atoms with van der Waals surface area (Å²) in [5.41, 5.74) is 5.65. The zero-order chi connectivity index (χ0) is 11.1. The van der Waals surface area contributed by atoms with Crippen molar-refractivity contribution in [2.24, 2.45) is 11.7 Å². The summed E-state index contributed by atoms with van der Waals surface area (Å²) in [6.45, 7) is 8.45. The molecule has 0 aromatic heterocycles. The fourth-order valence-electron chi connectivity index (χ4n) is 1.45. The molecule has 0 heterocycles. The van der Waals surface area contributed by atoms with E-state index in [1.165, 1.54) is 0 Å². The maximum absolute atomic E-state index is 9.31. The van der Waals surface area contributed by atoms with E-state index in [4.69, 9.17) is 10.5 Å². The Balaban J connectivity index is 4.00. The van der Waals surface area contributed by atoms with E-state index in [-0.39, 0.29) is 12.2 Å². The zero-order valence-electron chi connectivity index (χ0n) is 9.86. The summed E-state index contributed by atoms with van der Waals surface area (Å²) >= 11 is 0. The minimum absolute atomic E-state index is 0.0690. The fraction of sp³-hybridized carbons (Fsp3) is 1.00. The number of rotatable bonds is 7. The molecule has 4 atom stereocenters. The van der Waals surface area contributed by atoms with E-state index in [2.05, 4.69) is 13.8 Å². The summed E-state index contributed by atoms with van der Waals surface area (Å²) in [5.74, 6) is 0.464. The van der Waals surface area contributed by atoms with Crippen LogP contribution in [-0.2, 0) is 4.74 Å². The number of hydrogen-bond donors (Lipinski definition) is 2. The van der Waals surface area contributed by atoms with Crippen LogP contribution in [0.15, 0.2) is 0 Å². The summed E-state index contributed by atoms with van der Waals surface area (Å²) < 4.78 is 5.70. The van der Waals surface area contributed by atoms with Gasteiger partial charge in [0, 0.05) is 6.54 Å². The summed E-state index contributed by atoms with van der Waals surface area (Å²) in [7, 11) is 0. The Morgan fingerprint density at radius 2 is 1.86 bits per heavy atom. The maximum atomic E-state index is 9.31. The van der Waals surface area contributed by atoms with Crippen molar-refractivity contribution in [1.29, 1.82) is 0 Å². The standard InChI is InChI=1S/C11H25NO2/c1-5-6-8(2)11(7-12)14-10(4)9(3)13/h8-11,13H,5-7,12H2,1-4H3. The second-order valence-corrected chi connectivity index (χ2v) is 4.12. The largest absolute Gasteiger partial charge is 0.391 e. The van der Waals surface area contributed by atoms with Gasteiger partial charge in [0.1, 0.15) is 0 Å². The molecule has 0 bridgehead atoms. The van der Waals surface area contributed by atoms with Gasteiger partial charge in [-0.1, -0.05) is 20.3 Å². The molecule has 3 N–H and O–H groups in total. The molecule has 0 saturated heterocycles. The van der Waals surface area contributed by atoms with Crippen LogP contribution in [0.2, 0.25) is 0 Å². The van der Waals surface area contributed by atoms with Crippen molar-refractivity contribution in [3.8, 4) is 0 Å². The first-order chi connectivity index (χ1) is 6.52. The van der Waals surface area contributed by atoms with Gasteiger partial charge in [-0.3, -0.25) is 0 Å². The Kier molecular flexibility index (Phi) is 7.15. The van der Waals surface area contributed by atoms with Gasteiger partial charge < -0.3 is 15.6 Å². The zero-order valence-corrected chi connectivity index (χ0v) is 9.86. The molecule has 3 heteroatoms. The summed E-state index contributed by atoms with van der Waals surface area (Å²) in [5, 5.41) is 9.31. The fourth-order valence-corrected chi connectivity index (χ4v) is 1.45. The molecule has 0 radical (unpaired) electrons. The van der Waals surface area contributed by atoms with Crippen LogP contribution in [0.3, 0.4) is 0 Å². The van der Waals surface area contributed by atoms with Gasteiger partial charge in [-0.25, -0.2) is 0 Å². The van der Waals surface area contributed by atoms with Crippen LogP contribution in [0.4, 0.5) is 0 Å². The SMILES string of the molecule is CCCC(C)C(CN)OC(C)C(C)O. The average Bonchev–Trinajstić information content (AvgIpc) is 2.13. The summed E-state index contributed by atoms with van der Waals surface area (Å²) in [4.78, 5) is 0. The third kappa shape index (κ3) is 4.94. The number of ether oxygens (including phenoxy) is 1. The Hall–Kier alpha value is -0.120. The highest BCUT2D eigenvalue weighted by molar-refractivity contribution is 4.70. The molecule has 0 spiro atoms. The Bertz CT molecular complexity index is 139. The molecule has 0 aliphatic rings. The Morgan fingerprint density at radius 1 is 1.29 bits per heavy atom. The number of hydrogen-bond acceptors (Lipinski definition) is 3. The first-order valence-electron chi connectivity index (χ1n) is 5.56. The van der Waals surface area contributed by atoms with Crippen LogP contribution in [-0.4, -0.2) is 30.0 Å². The minimum atomic E-state index is -0.433. The van der Waals surface area contributed by atoms with E-state index in [0.717, 1.165) is 12.8 Å². The van der Waals surface area contributed by atoms with Crippen molar-refractivity contribution >= 4 is 0 Å². The normalized spacial score (nSPS) is 20.1. The van der Waals surface area contributed by atoms with E-state index in [9.17, 15) is 5.11 Å². The van der Waals surface area contributed by atoms with Crippen molar-refractivity contribution in [2.75, 3.05) is 6.54 Å². The molecule has 0 aliphatic heterocycles. The first-order valence-corrected chi connectivity index (χ1v) is 5.56. The lowest BCUT2D eigenvalue weighted by molar-refractivity contribution is -0.0766. The van der Waals surface area contributed by atoms with Gasteiger partial charge in [0.25, 0.3) is 0 Å². The van der Waals surface area contributed by atoms with Crippen molar-refractivity contribution in [3.63, 3.8) is 0 Å². The third-order valence-electron chi connectivity index (χ3n) is 2.68. The van der Waals surface area contributed by atoms with E-state index >= 15 is 0 Å². The van der Waals surface area contributed by atoms with Crippen molar-refractivity contribution < 1.29 is 9.84 Å². The molecule has 4 unspecified atom stereocenters. The van der Waals surface area contributed by atoms with Crippen molar-refractivity contribution in [1.82, 2.24) is 0 Å². The molecule has 86 valence electrons. The average molecular weight is 203 g/mol. The summed E-state index contributed by atoms with van der Waals surface area (Å²) in [6.07, 6.45) is 1.76. The monoisotopic (exact) mass is 203 g/mol. The van der Waals surface area contributed by atoms with Gasteiger partial charge in [-0.05, 0) is 26.2 Å². The van der Waals surface area contributed by atoms with Gasteiger partial charge in [0.2, 0.25) is 0 Å². The minimum Gasteiger partial charge on any atom is -0.391 e. The molecular formula is C11H25NO2. The molecule has 0 aromatic rings. The summed E-state index contributed by atoms with van der Waals surface area (Å²) in [6, 6.07) is 0. The van der Waals surface area contributed by atoms with Gasteiger partial charge in [0.15, 0.2) is 0 Å². The van der Waals surface area contributed by atoms with E-state index in [1.807, 2.05) is 6.92 Å². The van der Waals surface area contributed by atoms with Gasteiger partial charge in [-0.15, -0.1) is 0 Å². The lowest BCUT2D eigenvalue weighted by Gasteiger charge is -2.27. The molecule has 0 aliphatic carbocycles. The molecule has 0 aromatic carbocycles. The van der Waals surface area contributed by atoms with Gasteiger partial charge in [0.05, 0.1) is 18.3 Å². The third-order valence-corrected chi connectivity index (χ3v) is 2.68.